The monoisotopic (exact) mass is 213 g/mol. The smallest absolute Gasteiger partial charge is 0.386 e. The van der Waals surface area contributed by atoms with Gasteiger partial charge in [0.15, 0.2) is 0 Å². The van der Waals surface area contributed by atoms with Gasteiger partial charge in [-0.1, -0.05) is 12.1 Å². The zero-order chi connectivity index (χ0) is 9.90. The number of hydrogen-bond acceptors (Lipinski definition) is 3. The first-order valence-electron chi connectivity index (χ1n) is 3.82. The van der Waals surface area contributed by atoms with Crippen molar-refractivity contribution in [2.75, 3.05) is 18.1 Å². The Kier molecular flexibility index (Phi) is 3.47. The van der Waals surface area contributed by atoms with E-state index in [0.717, 1.165) is 5.75 Å². The molecule has 13 heavy (non-hydrogen) atoms. The molecule has 76 valence electrons. The second kappa shape index (κ2) is 4.21. The second-order valence-corrected chi connectivity index (χ2v) is 3.92. The summed E-state index contributed by atoms with van der Waals surface area (Å²) in [4.78, 5) is 4.20. The molecule has 0 saturated carbocycles. The minimum atomic E-state index is -4.29. The van der Waals surface area contributed by atoms with Crippen molar-refractivity contribution in [3.05, 3.63) is 0 Å². The molecule has 1 rings (SSSR count). The van der Waals surface area contributed by atoms with Crippen LogP contribution < -0.4 is 0 Å². The van der Waals surface area contributed by atoms with Crippen LogP contribution in [0.1, 0.15) is 6.92 Å². The molecule has 1 aliphatic rings. The quantitative estimate of drug-likeness (QED) is 0.656. The van der Waals surface area contributed by atoms with Crippen molar-refractivity contribution in [2.24, 2.45) is 11.1 Å². The lowest BCUT2D eigenvalue weighted by atomic mass is 10.1. The highest BCUT2D eigenvalue weighted by Gasteiger charge is 2.29. The van der Waals surface area contributed by atoms with Crippen molar-refractivity contribution in [1.82, 2.24) is 0 Å². The van der Waals surface area contributed by atoms with Crippen LogP contribution in [0, 0.1) is 5.92 Å². The summed E-state index contributed by atoms with van der Waals surface area (Å²) in [5, 5.41) is 3.47. The number of nitrogens with zero attached hydrogens (tertiary/aromatic N) is 1. The molecule has 6 heteroatoms. The average molecular weight is 213 g/mol. The van der Waals surface area contributed by atoms with Crippen LogP contribution in [0.15, 0.2) is 5.16 Å². The number of rotatable bonds is 2. The Morgan fingerprint density at radius 3 is 2.77 bits per heavy atom. The molecule has 0 radical (unpaired) electrons. The summed E-state index contributed by atoms with van der Waals surface area (Å²) in [7, 11) is 0. The summed E-state index contributed by atoms with van der Waals surface area (Å²) >= 11 is 1.66. The molecule has 2 nitrogen and oxygen atoms in total. The van der Waals surface area contributed by atoms with Crippen LogP contribution in [0.5, 0.6) is 0 Å². The molecule has 0 aromatic carbocycles. The van der Waals surface area contributed by atoms with Gasteiger partial charge in [-0.05, 0) is 0 Å². The van der Waals surface area contributed by atoms with Gasteiger partial charge in [-0.3, -0.25) is 0 Å². The van der Waals surface area contributed by atoms with Gasteiger partial charge in [0, 0.05) is 17.4 Å². The Morgan fingerprint density at radius 2 is 2.31 bits per heavy atom. The third-order valence-corrected chi connectivity index (χ3v) is 2.83. The number of thioether (sulfide) groups is 1. The molecule has 0 aromatic rings. The molecule has 0 spiro atoms. The Bertz CT molecular complexity index is 204. The lowest BCUT2D eigenvalue weighted by Crippen LogP contribution is -2.16. The van der Waals surface area contributed by atoms with Crippen molar-refractivity contribution in [1.29, 1.82) is 0 Å². The molecular weight excluding hydrogens is 203 g/mol. The van der Waals surface area contributed by atoms with Crippen LogP contribution >= 0.6 is 11.8 Å². The van der Waals surface area contributed by atoms with Gasteiger partial charge >= 0.3 is 6.18 Å². The highest BCUT2D eigenvalue weighted by molar-refractivity contribution is 8.00. The predicted octanol–water partition coefficient (Wildman–Crippen LogP) is 2.30. The van der Waals surface area contributed by atoms with Gasteiger partial charge < -0.3 is 4.84 Å². The van der Waals surface area contributed by atoms with E-state index in [0.29, 0.717) is 11.5 Å². The molecule has 1 saturated heterocycles. The highest BCUT2D eigenvalue weighted by atomic mass is 32.2. The Morgan fingerprint density at radius 1 is 1.62 bits per heavy atom. The fourth-order valence-corrected chi connectivity index (χ4v) is 2.09. The van der Waals surface area contributed by atoms with E-state index >= 15 is 0 Å². The normalized spacial score (nSPS) is 26.8. The maximum Gasteiger partial charge on any atom is 0.425 e. The fraction of sp³-hybridized carbons (Fsp3) is 0.857. The summed E-state index contributed by atoms with van der Waals surface area (Å²) in [5.41, 5.74) is 0.717. The number of halogens is 3. The predicted molar refractivity (Wildman–Crippen MR) is 45.9 cm³/mol. The standard InChI is InChI=1S/C7H10F3NOS/c1-5-2-13-3-6(5)11-12-4-7(8,9)10/h5H,2-4H2,1H3/b11-6+. The molecular formula is C7H10F3NOS. The lowest BCUT2D eigenvalue weighted by Gasteiger charge is -2.05. The first-order chi connectivity index (χ1) is 5.99. The van der Waals surface area contributed by atoms with Gasteiger partial charge in [-0.2, -0.15) is 24.9 Å². The molecule has 0 N–H and O–H groups in total. The Labute approximate surface area is 78.5 Å². The molecule has 0 bridgehead atoms. The molecule has 1 fully saturated rings. The van der Waals surface area contributed by atoms with Crippen molar-refractivity contribution < 1.29 is 18.0 Å². The molecule has 0 aromatic heterocycles. The van der Waals surface area contributed by atoms with Gasteiger partial charge in [-0.25, -0.2) is 0 Å². The van der Waals surface area contributed by atoms with Crippen molar-refractivity contribution in [3.63, 3.8) is 0 Å². The molecule has 1 unspecified atom stereocenters. The zero-order valence-corrected chi connectivity index (χ0v) is 7.91. The highest BCUT2D eigenvalue weighted by Crippen LogP contribution is 2.21. The van der Waals surface area contributed by atoms with Crippen molar-refractivity contribution >= 4 is 17.5 Å². The maximum atomic E-state index is 11.6. The fourth-order valence-electron chi connectivity index (χ4n) is 0.883. The van der Waals surface area contributed by atoms with E-state index < -0.39 is 12.8 Å². The SMILES string of the molecule is CC1CSC/C1=N\OCC(F)(F)F. The number of oxime groups is 1. The zero-order valence-electron chi connectivity index (χ0n) is 7.10. The van der Waals surface area contributed by atoms with Crippen LogP contribution in [0.25, 0.3) is 0 Å². The van der Waals surface area contributed by atoms with Gasteiger partial charge in [-0.15, -0.1) is 0 Å². The largest absolute Gasteiger partial charge is 0.425 e. The minimum absolute atomic E-state index is 0.234. The van der Waals surface area contributed by atoms with E-state index in [4.69, 9.17) is 0 Å². The van der Waals surface area contributed by atoms with Gasteiger partial charge in [0.25, 0.3) is 0 Å². The first-order valence-corrected chi connectivity index (χ1v) is 4.98. The third kappa shape index (κ3) is 3.89. The second-order valence-electron chi connectivity index (χ2n) is 2.89. The molecule has 1 heterocycles. The van der Waals surface area contributed by atoms with E-state index in [2.05, 4.69) is 9.99 Å². The minimum Gasteiger partial charge on any atom is -0.386 e. The lowest BCUT2D eigenvalue weighted by molar-refractivity contribution is -0.173. The van der Waals surface area contributed by atoms with E-state index in [1.807, 2.05) is 6.92 Å². The van der Waals surface area contributed by atoms with Gasteiger partial charge in [0.05, 0.1) is 5.71 Å². The van der Waals surface area contributed by atoms with Crippen LogP contribution in [-0.2, 0) is 4.84 Å². The van der Waals surface area contributed by atoms with E-state index in [9.17, 15) is 13.2 Å². The first kappa shape index (κ1) is 10.7. The molecule has 0 aliphatic carbocycles. The molecule has 1 atom stereocenters. The van der Waals surface area contributed by atoms with Crippen LogP contribution in [0.2, 0.25) is 0 Å². The van der Waals surface area contributed by atoms with E-state index in [1.54, 1.807) is 11.8 Å². The Hall–Kier alpha value is -0.390. The topological polar surface area (TPSA) is 21.6 Å². The van der Waals surface area contributed by atoms with Crippen molar-refractivity contribution in [3.8, 4) is 0 Å². The van der Waals surface area contributed by atoms with Crippen molar-refractivity contribution in [2.45, 2.75) is 13.1 Å². The molecule has 0 amide bonds. The van der Waals surface area contributed by atoms with Crippen LogP contribution in [0.3, 0.4) is 0 Å². The summed E-state index contributed by atoms with van der Waals surface area (Å²) in [6.07, 6.45) is -4.29. The van der Waals surface area contributed by atoms with Gasteiger partial charge in [0.2, 0.25) is 6.61 Å². The third-order valence-electron chi connectivity index (χ3n) is 1.60. The maximum absolute atomic E-state index is 11.6. The van der Waals surface area contributed by atoms with Crippen LogP contribution in [-0.4, -0.2) is 30.0 Å². The van der Waals surface area contributed by atoms with Crippen LogP contribution in [0.4, 0.5) is 13.2 Å². The average Bonchev–Trinajstić information content (AvgIpc) is 2.34. The molecule has 1 aliphatic heterocycles. The summed E-state index contributed by atoms with van der Waals surface area (Å²) in [5.74, 6) is 1.82. The summed E-state index contributed by atoms with van der Waals surface area (Å²) in [6.45, 7) is 0.629. The number of hydrogen-bond donors (Lipinski definition) is 0. The Balaban J connectivity index is 2.31. The number of alkyl halides is 3. The summed E-state index contributed by atoms with van der Waals surface area (Å²) in [6, 6.07) is 0. The summed E-state index contributed by atoms with van der Waals surface area (Å²) < 4.78 is 34.9. The van der Waals surface area contributed by atoms with E-state index in [1.165, 1.54) is 0 Å². The van der Waals surface area contributed by atoms with E-state index in [-0.39, 0.29) is 5.92 Å². The van der Waals surface area contributed by atoms with Gasteiger partial charge in [0.1, 0.15) is 0 Å².